The molecule has 2 aromatic heterocycles. The Hall–Kier alpha value is -3.34. The van der Waals surface area contributed by atoms with Gasteiger partial charge in [-0.2, -0.15) is 9.61 Å². The number of methoxy groups -OCH3 is 1. The third-order valence-electron chi connectivity index (χ3n) is 6.69. The fourth-order valence-electron chi connectivity index (χ4n) is 5.06. The van der Waals surface area contributed by atoms with Gasteiger partial charge in [-0.3, -0.25) is 0 Å². The van der Waals surface area contributed by atoms with Crippen LogP contribution in [-0.4, -0.2) is 28.3 Å². The summed E-state index contributed by atoms with van der Waals surface area (Å²) in [6.07, 6.45) is 4.27. The molecule has 2 aromatic carbocycles. The minimum atomic E-state index is 0.869. The molecule has 0 N–H and O–H groups in total. The van der Waals surface area contributed by atoms with E-state index in [2.05, 4.69) is 73.5 Å². The highest BCUT2D eigenvalue weighted by molar-refractivity contribution is 5.84. The molecule has 33 heavy (non-hydrogen) atoms. The van der Waals surface area contributed by atoms with Crippen LogP contribution in [0.1, 0.15) is 47.8 Å². The summed E-state index contributed by atoms with van der Waals surface area (Å²) >= 11 is 0. The lowest BCUT2D eigenvalue weighted by Crippen LogP contribution is -2.23. The average molecular weight is 441 g/mol. The Morgan fingerprint density at radius 3 is 2.52 bits per heavy atom. The Labute approximate surface area is 196 Å². The smallest absolute Gasteiger partial charge is 0.165 e. The lowest BCUT2D eigenvalue weighted by atomic mass is 10.0. The first-order chi connectivity index (χ1) is 16.0. The van der Waals surface area contributed by atoms with Gasteiger partial charge in [0, 0.05) is 29.1 Å². The molecule has 2 heterocycles. The van der Waals surface area contributed by atoms with E-state index in [9.17, 15) is 0 Å². The number of aromatic nitrogens is 3. The van der Waals surface area contributed by atoms with Gasteiger partial charge in [0.25, 0.3) is 0 Å². The van der Waals surface area contributed by atoms with Crippen LogP contribution in [0.3, 0.4) is 0 Å². The lowest BCUT2D eigenvalue weighted by molar-refractivity contribution is 0.414. The van der Waals surface area contributed by atoms with Crippen molar-refractivity contribution in [1.82, 2.24) is 14.6 Å². The molecule has 1 aliphatic carbocycles. The van der Waals surface area contributed by atoms with E-state index in [1.54, 1.807) is 7.11 Å². The molecule has 0 spiro atoms. The van der Waals surface area contributed by atoms with Crippen molar-refractivity contribution in [3.8, 4) is 16.9 Å². The maximum atomic E-state index is 5.44. The Morgan fingerprint density at radius 2 is 1.82 bits per heavy atom. The van der Waals surface area contributed by atoms with E-state index in [4.69, 9.17) is 14.8 Å². The standard InChI is InChI=1S/C28H32N4O/c1-6-16-31(21-12-10-18(2)11-13-21)28-24-8-7-9-25(24)29-27-26(20(4)30-32(27)28)23-15-14-22(33-5)17-19(23)3/h10-15,17H,6-9,16H2,1-5H3. The van der Waals surface area contributed by atoms with Crippen molar-refractivity contribution in [2.24, 2.45) is 0 Å². The van der Waals surface area contributed by atoms with Gasteiger partial charge < -0.3 is 9.64 Å². The third kappa shape index (κ3) is 3.65. The Morgan fingerprint density at radius 1 is 1.03 bits per heavy atom. The molecule has 0 saturated carbocycles. The van der Waals surface area contributed by atoms with Crippen LogP contribution in [0.5, 0.6) is 5.75 Å². The van der Waals surface area contributed by atoms with E-state index in [0.717, 1.165) is 60.4 Å². The van der Waals surface area contributed by atoms with Gasteiger partial charge in [-0.15, -0.1) is 0 Å². The summed E-state index contributed by atoms with van der Waals surface area (Å²) in [6, 6.07) is 15.1. The van der Waals surface area contributed by atoms with Crippen molar-refractivity contribution in [1.29, 1.82) is 0 Å². The summed E-state index contributed by atoms with van der Waals surface area (Å²) in [5, 5.41) is 5.08. The second kappa shape index (κ2) is 8.54. The maximum Gasteiger partial charge on any atom is 0.165 e. The third-order valence-corrected chi connectivity index (χ3v) is 6.69. The number of anilines is 2. The molecule has 0 unspecified atom stereocenters. The van der Waals surface area contributed by atoms with Crippen LogP contribution in [0, 0.1) is 20.8 Å². The Balaban J connectivity index is 1.78. The van der Waals surface area contributed by atoms with E-state index in [1.165, 1.54) is 33.9 Å². The molecule has 170 valence electrons. The molecule has 0 aliphatic heterocycles. The predicted octanol–water partition coefficient (Wildman–Crippen LogP) is 6.37. The topological polar surface area (TPSA) is 42.7 Å². The molecule has 5 heteroatoms. The van der Waals surface area contributed by atoms with Crippen LogP contribution in [0.25, 0.3) is 16.8 Å². The molecule has 0 fully saturated rings. The summed E-state index contributed by atoms with van der Waals surface area (Å²) in [5.41, 5.74) is 10.4. The Kier molecular flexibility index (Phi) is 5.57. The molecule has 1 aliphatic rings. The second-order valence-corrected chi connectivity index (χ2v) is 9.08. The van der Waals surface area contributed by atoms with Gasteiger partial charge in [-0.25, -0.2) is 4.98 Å². The zero-order chi connectivity index (χ0) is 23.1. The first-order valence-corrected chi connectivity index (χ1v) is 11.9. The number of benzene rings is 2. The number of fused-ring (bicyclic) bond motifs is 2. The summed E-state index contributed by atoms with van der Waals surface area (Å²) in [5.74, 6) is 2.05. The van der Waals surface area contributed by atoms with Gasteiger partial charge in [-0.05, 0) is 81.8 Å². The predicted molar refractivity (Wildman–Crippen MR) is 135 cm³/mol. The number of aryl methyl sites for hydroxylation is 4. The van der Waals surface area contributed by atoms with Gasteiger partial charge in [0.15, 0.2) is 5.65 Å². The number of ether oxygens (including phenoxy) is 1. The molecule has 0 bridgehead atoms. The van der Waals surface area contributed by atoms with Gasteiger partial charge in [0.1, 0.15) is 11.6 Å². The quantitative estimate of drug-likeness (QED) is 0.349. The summed E-state index contributed by atoms with van der Waals surface area (Å²) < 4.78 is 7.54. The number of hydrogen-bond acceptors (Lipinski definition) is 4. The van der Waals surface area contributed by atoms with Gasteiger partial charge in [0.2, 0.25) is 0 Å². The molecule has 0 atom stereocenters. The van der Waals surface area contributed by atoms with Crippen LogP contribution >= 0.6 is 0 Å². The zero-order valence-electron chi connectivity index (χ0n) is 20.3. The van der Waals surface area contributed by atoms with Crippen molar-refractivity contribution >= 4 is 17.2 Å². The highest BCUT2D eigenvalue weighted by Gasteiger charge is 2.28. The molecule has 0 saturated heterocycles. The van der Waals surface area contributed by atoms with E-state index < -0.39 is 0 Å². The largest absolute Gasteiger partial charge is 0.497 e. The minimum absolute atomic E-state index is 0.869. The van der Waals surface area contributed by atoms with Gasteiger partial charge in [0.05, 0.1) is 12.8 Å². The van der Waals surface area contributed by atoms with Crippen molar-refractivity contribution in [2.45, 2.75) is 53.4 Å². The fourth-order valence-corrected chi connectivity index (χ4v) is 5.06. The molecular weight excluding hydrogens is 408 g/mol. The molecule has 5 rings (SSSR count). The van der Waals surface area contributed by atoms with Crippen molar-refractivity contribution in [3.63, 3.8) is 0 Å². The number of rotatable bonds is 6. The van der Waals surface area contributed by atoms with E-state index in [0.29, 0.717) is 0 Å². The second-order valence-electron chi connectivity index (χ2n) is 9.08. The van der Waals surface area contributed by atoms with E-state index in [-0.39, 0.29) is 0 Å². The minimum Gasteiger partial charge on any atom is -0.497 e. The lowest BCUT2D eigenvalue weighted by Gasteiger charge is -2.27. The first kappa shape index (κ1) is 21.5. The normalized spacial score (nSPS) is 12.9. The van der Waals surface area contributed by atoms with Gasteiger partial charge in [-0.1, -0.05) is 30.7 Å². The first-order valence-electron chi connectivity index (χ1n) is 11.9. The van der Waals surface area contributed by atoms with Crippen LogP contribution in [-0.2, 0) is 12.8 Å². The van der Waals surface area contributed by atoms with Crippen LogP contribution in [0.4, 0.5) is 11.5 Å². The van der Waals surface area contributed by atoms with Crippen molar-refractivity contribution < 1.29 is 4.74 Å². The van der Waals surface area contributed by atoms with Crippen LogP contribution in [0.2, 0.25) is 0 Å². The monoisotopic (exact) mass is 440 g/mol. The van der Waals surface area contributed by atoms with Crippen LogP contribution in [0.15, 0.2) is 42.5 Å². The van der Waals surface area contributed by atoms with E-state index in [1.807, 2.05) is 6.07 Å². The molecular formula is C28H32N4O. The summed E-state index contributed by atoms with van der Waals surface area (Å²) in [4.78, 5) is 7.63. The number of nitrogens with zero attached hydrogens (tertiary/aromatic N) is 4. The highest BCUT2D eigenvalue weighted by atomic mass is 16.5. The highest BCUT2D eigenvalue weighted by Crippen LogP contribution is 2.39. The fraction of sp³-hybridized carbons (Fsp3) is 0.357. The molecule has 5 nitrogen and oxygen atoms in total. The Bertz CT molecular complexity index is 1320. The van der Waals surface area contributed by atoms with Gasteiger partial charge >= 0.3 is 0 Å². The summed E-state index contributed by atoms with van der Waals surface area (Å²) in [7, 11) is 1.71. The van der Waals surface area contributed by atoms with E-state index >= 15 is 0 Å². The molecule has 4 aromatic rings. The van der Waals surface area contributed by atoms with Crippen molar-refractivity contribution in [3.05, 3.63) is 70.5 Å². The van der Waals surface area contributed by atoms with Crippen LogP contribution < -0.4 is 9.64 Å². The maximum absolute atomic E-state index is 5.44. The average Bonchev–Trinajstić information content (AvgIpc) is 3.40. The summed E-state index contributed by atoms with van der Waals surface area (Å²) in [6.45, 7) is 9.53. The van der Waals surface area contributed by atoms with Crippen molar-refractivity contribution in [2.75, 3.05) is 18.6 Å². The molecule has 0 amide bonds. The molecule has 0 radical (unpaired) electrons. The SMILES string of the molecule is CCCN(c1ccc(C)cc1)c1c2c(nc3c(-c4ccc(OC)cc4C)c(C)nn13)CCC2. The number of hydrogen-bond donors (Lipinski definition) is 0. The zero-order valence-corrected chi connectivity index (χ0v) is 20.3.